The van der Waals surface area contributed by atoms with Crippen LogP contribution in [-0.4, -0.2) is 55.9 Å². The molecule has 1 saturated heterocycles. The molecule has 0 radical (unpaired) electrons. The van der Waals surface area contributed by atoms with Gasteiger partial charge < -0.3 is 24.3 Å². The summed E-state index contributed by atoms with van der Waals surface area (Å²) in [5.41, 5.74) is 0.594. The minimum atomic E-state index is -1.60. The van der Waals surface area contributed by atoms with Crippen molar-refractivity contribution in [3.05, 3.63) is 30.6 Å². The number of nitrogens with zero attached hydrogens (tertiary/aromatic N) is 2. The molecule has 2 aliphatic rings. The Labute approximate surface area is 150 Å². The molecule has 1 fully saturated rings. The number of carbonyl (C=O) groups excluding carboxylic acids is 2. The Morgan fingerprint density at radius 3 is 2.69 bits per heavy atom. The van der Waals surface area contributed by atoms with E-state index >= 15 is 0 Å². The first-order chi connectivity index (χ1) is 12.5. The van der Waals surface area contributed by atoms with Crippen LogP contribution in [0.25, 0.3) is 0 Å². The van der Waals surface area contributed by atoms with E-state index < -0.39 is 24.1 Å². The molecule has 1 spiro atoms. The Kier molecular flexibility index (Phi) is 5.38. The van der Waals surface area contributed by atoms with Gasteiger partial charge in [0.1, 0.15) is 5.75 Å². The zero-order valence-electron chi connectivity index (χ0n) is 14.6. The summed E-state index contributed by atoms with van der Waals surface area (Å²) in [5, 5.41) is 3.14. The second kappa shape index (κ2) is 7.71. The average molecular weight is 363 g/mol. The van der Waals surface area contributed by atoms with Gasteiger partial charge >= 0.3 is 17.8 Å². The molecule has 9 heteroatoms. The van der Waals surface area contributed by atoms with Gasteiger partial charge in [-0.15, -0.1) is 0 Å². The number of anilines is 1. The van der Waals surface area contributed by atoms with Gasteiger partial charge in [0.2, 0.25) is 0 Å². The van der Waals surface area contributed by atoms with Crippen LogP contribution in [0.5, 0.6) is 5.75 Å². The number of aromatic nitrogens is 1. The molecule has 1 unspecified atom stereocenters. The summed E-state index contributed by atoms with van der Waals surface area (Å²) in [7, 11) is 1.54. The van der Waals surface area contributed by atoms with E-state index in [1.54, 1.807) is 30.3 Å². The highest BCUT2D eigenvalue weighted by Gasteiger charge is 2.47. The first-order valence-electron chi connectivity index (χ1n) is 8.29. The van der Waals surface area contributed by atoms with Gasteiger partial charge in [0.05, 0.1) is 24.6 Å². The van der Waals surface area contributed by atoms with Crippen molar-refractivity contribution in [1.29, 1.82) is 0 Å². The van der Waals surface area contributed by atoms with Gasteiger partial charge in [-0.25, -0.2) is 9.59 Å². The summed E-state index contributed by atoms with van der Waals surface area (Å²) < 4.78 is 21.7. The molecule has 2 aliphatic heterocycles. The summed E-state index contributed by atoms with van der Waals surface area (Å²) in [6.07, 6.45) is 5.55. The zero-order chi connectivity index (χ0) is 18.6. The van der Waals surface area contributed by atoms with E-state index in [0.29, 0.717) is 24.5 Å². The van der Waals surface area contributed by atoms with Gasteiger partial charge in [-0.05, 0) is 19.9 Å². The Hall–Kier alpha value is -2.65. The SMILES string of the molecule is COC(C)Oc1cncc(N2CCCNCC23OC(=O)C=CC(=O)O3)c1. The molecule has 140 valence electrons. The van der Waals surface area contributed by atoms with Crippen molar-refractivity contribution in [3.63, 3.8) is 0 Å². The lowest BCUT2D eigenvalue weighted by Crippen LogP contribution is -2.58. The number of hydrogen-bond acceptors (Lipinski definition) is 9. The molecule has 1 aromatic rings. The summed E-state index contributed by atoms with van der Waals surface area (Å²) in [6.45, 7) is 3.06. The third kappa shape index (κ3) is 3.94. The molecule has 0 bridgehead atoms. The van der Waals surface area contributed by atoms with Crippen molar-refractivity contribution >= 4 is 17.6 Å². The predicted octanol–water partition coefficient (Wildman–Crippen LogP) is 0.562. The molecule has 3 heterocycles. The van der Waals surface area contributed by atoms with Crippen molar-refractivity contribution in [2.75, 3.05) is 31.6 Å². The van der Waals surface area contributed by atoms with Crippen molar-refractivity contribution in [2.24, 2.45) is 0 Å². The monoisotopic (exact) mass is 363 g/mol. The Bertz CT molecular complexity index is 687. The minimum absolute atomic E-state index is 0.131. The van der Waals surface area contributed by atoms with Crippen molar-refractivity contribution in [2.45, 2.75) is 25.5 Å². The second-order valence-electron chi connectivity index (χ2n) is 5.87. The molecule has 1 aromatic heterocycles. The van der Waals surface area contributed by atoms with Gasteiger partial charge in [-0.1, -0.05) is 0 Å². The third-order valence-corrected chi connectivity index (χ3v) is 4.01. The van der Waals surface area contributed by atoms with Crippen molar-refractivity contribution in [1.82, 2.24) is 10.3 Å². The number of ether oxygens (including phenoxy) is 4. The molecule has 0 aromatic carbocycles. The van der Waals surface area contributed by atoms with E-state index in [9.17, 15) is 9.59 Å². The lowest BCUT2D eigenvalue weighted by molar-refractivity contribution is -0.217. The number of methoxy groups -OCH3 is 1. The molecule has 0 aliphatic carbocycles. The highest BCUT2D eigenvalue weighted by atomic mass is 16.8. The molecule has 3 rings (SSSR count). The van der Waals surface area contributed by atoms with Gasteiger partial charge in [0, 0.05) is 31.9 Å². The summed E-state index contributed by atoms with van der Waals surface area (Å²) >= 11 is 0. The molecule has 9 nitrogen and oxygen atoms in total. The second-order valence-corrected chi connectivity index (χ2v) is 5.87. The number of hydrogen-bond donors (Lipinski definition) is 1. The first-order valence-corrected chi connectivity index (χ1v) is 8.29. The summed E-state index contributed by atoms with van der Waals surface area (Å²) in [6, 6.07) is 1.73. The van der Waals surface area contributed by atoms with Crippen LogP contribution in [0.15, 0.2) is 30.6 Å². The van der Waals surface area contributed by atoms with Gasteiger partial charge in [0.25, 0.3) is 0 Å². The first kappa shape index (κ1) is 18.2. The summed E-state index contributed by atoms with van der Waals surface area (Å²) in [4.78, 5) is 29.9. The van der Waals surface area contributed by atoms with E-state index in [1.165, 1.54) is 7.11 Å². The van der Waals surface area contributed by atoms with Crippen LogP contribution >= 0.6 is 0 Å². The van der Waals surface area contributed by atoms with E-state index in [4.69, 9.17) is 18.9 Å². The topological polar surface area (TPSA) is 99.2 Å². The molecule has 26 heavy (non-hydrogen) atoms. The number of nitrogens with one attached hydrogen (secondary N) is 1. The Morgan fingerprint density at radius 2 is 2.00 bits per heavy atom. The van der Waals surface area contributed by atoms with Crippen molar-refractivity contribution < 1.29 is 28.5 Å². The summed E-state index contributed by atoms with van der Waals surface area (Å²) in [5.74, 6) is -2.43. The smallest absolute Gasteiger partial charge is 0.356 e. The minimum Gasteiger partial charge on any atom is -0.464 e. The molecular weight excluding hydrogens is 342 g/mol. The molecule has 0 saturated carbocycles. The maximum absolute atomic E-state index is 12.0. The fourth-order valence-electron chi connectivity index (χ4n) is 2.78. The lowest BCUT2D eigenvalue weighted by atomic mass is 10.2. The molecule has 0 amide bonds. The van der Waals surface area contributed by atoms with Gasteiger partial charge in [0.15, 0.2) is 6.29 Å². The van der Waals surface area contributed by atoms with E-state index in [0.717, 1.165) is 18.6 Å². The van der Waals surface area contributed by atoms with Crippen LogP contribution in [0.1, 0.15) is 13.3 Å². The molecule has 1 atom stereocenters. The van der Waals surface area contributed by atoms with E-state index in [1.807, 2.05) is 0 Å². The van der Waals surface area contributed by atoms with Crippen LogP contribution in [0.2, 0.25) is 0 Å². The normalized spacial score (nSPS) is 20.8. The predicted molar refractivity (Wildman–Crippen MR) is 90.2 cm³/mol. The van der Waals surface area contributed by atoms with Crippen molar-refractivity contribution in [3.8, 4) is 5.75 Å². The van der Waals surface area contributed by atoms with E-state index in [2.05, 4.69) is 10.3 Å². The van der Waals surface area contributed by atoms with Crippen LogP contribution in [0, 0.1) is 0 Å². The van der Waals surface area contributed by atoms with Crippen LogP contribution in [-0.2, 0) is 23.8 Å². The highest BCUT2D eigenvalue weighted by Crippen LogP contribution is 2.31. The number of esters is 2. The zero-order valence-corrected chi connectivity index (χ0v) is 14.6. The van der Waals surface area contributed by atoms with Gasteiger partial charge in [-0.2, -0.15) is 0 Å². The van der Waals surface area contributed by atoms with Crippen LogP contribution in [0.4, 0.5) is 5.69 Å². The Balaban J connectivity index is 1.95. The standard InChI is InChI=1S/C17H21N3O6/c1-12(23-2)24-14-8-13(9-19-10-14)20-7-3-6-18-11-17(20)25-15(21)4-5-16(22)26-17/h4-5,8-10,12,18H,3,6-7,11H2,1-2H3. The third-order valence-electron chi connectivity index (χ3n) is 4.01. The number of pyridine rings is 1. The van der Waals surface area contributed by atoms with Gasteiger partial charge in [-0.3, -0.25) is 9.88 Å². The van der Waals surface area contributed by atoms with Crippen LogP contribution < -0.4 is 15.0 Å². The molecular formula is C17H21N3O6. The average Bonchev–Trinajstić information content (AvgIpc) is 2.90. The lowest BCUT2D eigenvalue weighted by Gasteiger charge is -2.40. The number of carbonyl (C=O) groups is 2. The fourth-order valence-corrected chi connectivity index (χ4v) is 2.78. The van der Waals surface area contributed by atoms with E-state index in [-0.39, 0.29) is 6.54 Å². The maximum Gasteiger partial charge on any atom is 0.356 e. The number of rotatable bonds is 4. The molecule has 1 N–H and O–H groups in total. The Morgan fingerprint density at radius 1 is 1.27 bits per heavy atom. The fraction of sp³-hybridized carbons (Fsp3) is 0.471. The van der Waals surface area contributed by atoms with Crippen LogP contribution in [0.3, 0.4) is 0 Å². The quantitative estimate of drug-likeness (QED) is 0.608. The largest absolute Gasteiger partial charge is 0.464 e. The maximum atomic E-state index is 12.0. The highest BCUT2D eigenvalue weighted by molar-refractivity contribution is 5.93.